The molecule has 1 atom stereocenters. The predicted octanol–water partition coefficient (Wildman–Crippen LogP) is 4.24. The second kappa shape index (κ2) is 8.07. The number of furan rings is 1. The first-order valence-corrected chi connectivity index (χ1v) is 9.85. The Bertz CT molecular complexity index is 1000. The lowest BCUT2D eigenvalue weighted by Gasteiger charge is -2.34. The number of carbonyl (C=O) groups is 2. The van der Waals surface area contributed by atoms with E-state index in [2.05, 4.69) is 5.32 Å². The molecule has 29 heavy (non-hydrogen) atoms. The van der Waals surface area contributed by atoms with Gasteiger partial charge in [0.25, 0.3) is 11.8 Å². The largest absolute Gasteiger partial charge is 0.451 e. The Morgan fingerprint density at radius 1 is 1.10 bits per heavy atom. The minimum absolute atomic E-state index is 0.0609. The Balaban J connectivity index is 1.33. The molecule has 0 bridgehead atoms. The number of likely N-dealkylation sites (tertiary alicyclic amines) is 1. The Morgan fingerprint density at radius 3 is 2.59 bits per heavy atom. The summed E-state index contributed by atoms with van der Waals surface area (Å²) in [7, 11) is 0. The molecule has 0 aliphatic carbocycles. The maximum Gasteiger partial charge on any atom is 0.289 e. The number of rotatable bonds is 4. The van der Waals surface area contributed by atoms with Crippen molar-refractivity contribution < 1.29 is 18.4 Å². The first-order valence-electron chi connectivity index (χ1n) is 9.85. The van der Waals surface area contributed by atoms with Crippen LogP contribution in [0, 0.1) is 11.7 Å². The molecule has 1 N–H and O–H groups in total. The molecule has 5 nitrogen and oxygen atoms in total. The number of piperidine rings is 1. The van der Waals surface area contributed by atoms with E-state index in [1.54, 1.807) is 17.0 Å². The molecule has 1 aromatic heterocycles. The quantitative estimate of drug-likeness (QED) is 0.720. The Morgan fingerprint density at radius 2 is 1.86 bits per heavy atom. The van der Waals surface area contributed by atoms with Crippen LogP contribution in [0.1, 0.15) is 40.7 Å². The van der Waals surface area contributed by atoms with Gasteiger partial charge in [-0.2, -0.15) is 0 Å². The fourth-order valence-electron chi connectivity index (χ4n) is 3.88. The van der Waals surface area contributed by atoms with E-state index < -0.39 is 5.82 Å². The maximum atomic E-state index is 13.3. The number of carbonyl (C=O) groups excluding carboxylic acids is 2. The number of halogens is 1. The molecule has 2 amide bonds. The van der Waals surface area contributed by atoms with Gasteiger partial charge in [0, 0.05) is 30.1 Å². The number of hydrogen-bond donors (Lipinski definition) is 1. The minimum atomic E-state index is -0.428. The summed E-state index contributed by atoms with van der Waals surface area (Å²) in [5, 5.41) is 3.88. The summed E-state index contributed by atoms with van der Waals surface area (Å²) in [5.41, 5.74) is 1.02. The van der Waals surface area contributed by atoms with Gasteiger partial charge < -0.3 is 14.6 Å². The van der Waals surface area contributed by atoms with Crippen molar-refractivity contribution in [1.29, 1.82) is 0 Å². The van der Waals surface area contributed by atoms with Gasteiger partial charge in [-0.15, -0.1) is 0 Å². The smallest absolute Gasteiger partial charge is 0.289 e. The number of nitrogens with zero attached hydrogens (tertiary/aromatic N) is 1. The topological polar surface area (TPSA) is 62.6 Å². The van der Waals surface area contributed by atoms with Crippen molar-refractivity contribution in [3.63, 3.8) is 0 Å². The van der Waals surface area contributed by atoms with Crippen molar-refractivity contribution >= 4 is 22.8 Å². The molecule has 2 heterocycles. The van der Waals surface area contributed by atoms with Crippen LogP contribution in [0.5, 0.6) is 0 Å². The van der Waals surface area contributed by atoms with Crippen LogP contribution in [-0.4, -0.2) is 35.8 Å². The number of para-hydroxylation sites is 1. The third kappa shape index (κ3) is 4.16. The molecular formula is C23H23FN2O3. The number of amides is 2. The Labute approximate surface area is 168 Å². The Kier molecular flexibility index (Phi) is 5.34. The number of nitrogens with one attached hydrogen (secondary N) is 1. The second-order valence-electron chi connectivity index (χ2n) is 7.55. The van der Waals surface area contributed by atoms with Gasteiger partial charge in [-0.25, -0.2) is 4.39 Å². The third-order valence-electron chi connectivity index (χ3n) is 5.62. The molecule has 3 aromatic rings. The fourth-order valence-corrected chi connectivity index (χ4v) is 3.88. The standard InChI is InChI=1S/C23H23FN2O3/c1-15(25-22(27)18-6-4-7-19(24)13-18)16-9-11-26(12-10-16)23(28)21-14-17-5-2-3-8-20(17)29-21/h2-8,13-16H,9-12H2,1H3,(H,25,27). The van der Waals surface area contributed by atoms with Crippen LogP contribution < -0.4 is 5.32 Å². The molecule has 6 heteroatoms. The highest BCUT2D eigenvalue weighted by Gasteiger charge is 2.29. The number of benzene rings is 2. The molecule has 0 spiro atoms. The predicted molar refractivity (Wildman–Crippen MR) is 108 cm³/mol. The summed E-state index contributed by atoms with van der Waals surface area (Å²) in [6, 6.07) is 15.0. The van der Waals surface area contributed by atoms with Crippen molar-refractivity contribution in [3.05, 3.63) is 71.7 Å². The summed E-state index contributed by atoms with van der Waals surface area (Å²) in [5.74, 6) is -0.194. The molecule has 0 saturated carbocycles. The fraction of sp³-hybridized carbons (Fsp3) is 0.304. The van der Waals surface area contributed by atoms with Crippen LogP contribution in [0.4, 0.5) is 4.39 Å². The van der Waals surface area contributed by atoms with Gasteiger partial charge in [-0.1, -0.05) is 24.3 Å². The molecule has 2 aromatic carbocycles. The van der Waals surface area contributed by atoms with E-state index in [-0.39, 0.29) is 23.8 Å². The van der Waals surface area contributed by atoms with Crippen LogP contribution >= 0.6 is 0 Å². The normalized spacial score (nSPS) is 16.0. The van der Waals surface area contributed by atoms with Crippen molar-refractivity contribution in [1.82, 2.24) is 10.2 Å². The van der Waals surface area contributed by atoms with Gasteiger partial charge in [0.1, 0.15) is 11.4 Å². The van der Waals surface area contributed by atoms with E-state index in [1.807, 2.05) is 31.2 Å². The van der Waals surface area contributed by atoms with Crippen molar-refractivity contribution in [2.75, 3.05) is 13.1 Å². The van der Waals surface area contributed by atoms with Gasteiger partial charge in [0.2, 0.25) is 0 Å². The van der Waals surface area contributed by atoms with Crippen LogP contribution in [-0.2, 0) is 0 Å². The van der Waals surface area contributed by atoms with E-state index in [9.17, 15) is 14.0 Å². The molecule has 150 valence electrons. The van der Waals surface area contributed by atoms with E-state index >= 15 is 0 Å². The van der Waals surface area contributed by atoms with Crippen LogP contribution in [0.2, 0.25) is 0 Å². The summed E-state index contributed by atoms with van der Waals surface area (Å²) in [6.45, 7) is 3.18. The van der Waals surface area contributed by atoms with Gasteiger partial charge in [0.05, 0.1) is 0 Å². The van der Waals surface area contributed by atoms with Crippen LogP contribution in [0.3, 0.4) is 0 Å². The summed E-state index contributed by atoms with van der Waals surface area (Å²) in [4.78, 5) is 26.9. The van der Waals surface area contributed by atoms with Gasteiger partial charge in [0.15, 0.2) is 5.76 Å². The lowest BCUT2D eigenvalue weighted by atomic mass is 9.90. The zero-order valence-corrected chi connectivity index (χ0v) is 16.2. The molecule has 1 aliphatic rings. The molecule has 1 fully saturated rings. The van der Waals surface area contributed by atoms with E-state index in [4.69, 9.17) is 4.42 Å². The average Bonchev–Trinajstić information content (AvgIpc) is 3.17. The van der Waals surface area contributed by atoms with Gasteiger partial charge in [-0.3, -0.25) is 9.59 Å². The highest BCUT2D eigenvalue weighted by atomic mass is 19.1. The van der Waals surface area contributed by atoms with Crippen molar-refractivity contribution in [2.24, 2.45) is 5.92 Å². The molecule has 1 aliphatic heterocycles. The SMILES string of the molecule is CC(NC(=O)c1cccc(F)c1)C1CCN(C(=O)c2cc3ccccc3o2)CC1. The zero-order valence-electron chi connectivity index (χ0n) is 16.2. The average molecular weight is 394 g/mol. The first-order chi connectivity index (χ1) is 14.0. The number of hydrogen-bond acceptors (Lipinski definition) is 3. The van der Waals surface area contributed by atoms with Crippen molar-refractivity contribution in [3.8, 4) is 0 Å². The van der Waals surface area contributed by atoms with Gasteiger partial charge >= 0.3 is 0 Å². The summed E-state index contributed by atoms with van der Waals surface area (Å²) >= 11 is 0. The maximum absolute atomic E-state index is 13.3. The van der Waals surface area contributed by atoms with E-state index in [0.717, 1.165) is 18.2 Å². The highest BCUT2D eigenvalue weighted by Crippen LogP contribution is 2.25. The highest BCUT2D eigenvalue weighted by molar-refractivity contribution is 5.96. The second-order valence-corrected chi connectivity index (χ2v) is 7.55. The molecule has 4 rings (SSSR count). The molecule has 1 saturated heterocycles. The Hall–Kier alpha value is -3.15. The summed E-state index contributed by atoms with van der Waals surface area (Å²) < 4.78 is 19.0. The first kappa shape index (κ1) is 19.2. The van der Waals surface area contributed by atoms with Crippen LogP contribution in [0.15, 0.2) is 59.0 Å². The van der Waals surface area contributed by atoms with Gasteiger partial charge in [-0.05, 0) is 56.0 Å². The van der Waals surface area contributed by atoms with Crippen LogP contribution in [0.25, 0.3) is 11.0 Å². The number of fused-ring (bicyclic) bond motifs is 1. The lowest BCUT2D eigenvalue weighted by molar-refractivity contribution is 0.0636. The lowest BCUT2D eigenvalue weighted by Crippen LogP contribution is -2.45. The third-order valence-corrected chi connectivity index (χ3v) is 5.62. The van der Waals surface area contributed by atoms with E-state index in [0.29, 0.717) is 30.0 Å². The minimum Gasteiger partial charge on any atom is -0.451 e. The zero-order chi connectivity index (χ0) is 20.4. The van der Waals surface area contributed by atoms with Crippen molar-refractivity contribution in [2.45, 2.75) is 25.8 Å². The van der Waals surface area contributed by atoms with E-state index in [1.165, 1.54) is 18.2 Å². The molecular weight excluding hydrogens is 371 g/mol. The molecule has 1 unspecified atom stereocenters. The molecule has 0 radical (unpaired) electrons. The monoisotopic (exact) mass is 394 g/mol. The summed E-state index contributed by atoms with van der Waals surface area (Å²) in [6.07, 6.45) is 1.58.